The summed E-state index contributed by atoms with van der Waals surface area (Å²) < 4.78 is 37.2. The zero-order valence-corrected chi connectivity index (χ0v) is 12.9. The monoisotopic (exact) mass is 321 g/mol. The lowest BCUT2D eigenvalue weighted by molar-refractivity contribution is 0.102. The van der Waals surface area contributed by atoms with Gasteiger partial charge in [0.25, 0.3) is 5.91 Å². The van der Waals surface area contributed by atoms with Crippen LogP contribution in [0.2, 0.25) is 0 Å². The molecule has 2 aromatic carbocycles. The fourth-order valence-corrected chi connectivity index (χ4v) is 2.02. The summed E-state index contributed by atoms with van der Waals surface area (Å²) in [7, 11) is 0. The molecule has 0 aromatic heterocycles. The van der Waals surface area contributed by atoms with E-state index in [0.717, 1.165) is 18.2 Å². The maximum Gasteiger partial charge on any atom is 0.255 e. The highest BCUT2D eigenvalue weighted by Gasteiger charge is 2.12. The number of nitrogens with one attached hydrogen (secondary N) is 1. The second kappa shape index (κ2) is 7.58. The number of carbonyl (C=O) groups is 1. The molecule has 0 aliphatic carbocycles. The van der Waals surface area contributed by atoms with Crippen molar-refractivity contribution in [3.63, 3.8) is 0 Å². The van der Waals surface area contributed by atoms with Crippen LogP contribution in [-0.2, 0) is 0 Å². The van der Waals surface area contributed by atoms with Crippen LogP contribution in [0.3, 0.4) is 0 Å². The number of halogens is 2. The molecule has 0 radical (unpaired) electrons. The van der Waals surface area contributed by atoms with Gasteiger partial charge in [0.05, 0.1) is 13.2 Å². The molecule has 0 aliphatic rings. The van der Waals surface area contributed by atoms with E-state index in [1.54, 1.807) is 12.1 Å². The molecule has 0 saturated heterocycles. The zero-order chi connectivity index (χ0) is 16.8. The average molecular weight is 321 g/mol. The van der Waals surface area contributed by atoms with E-state index in [1.807, 2.05) is 13.8 Å². The zero-order valence-electron chi connectivity index (χ0n) is 12.9. The molecule has 122 valence electrons. The largest absolute Gasteiger partial charge is 0.490 e. The summed E-state index contributed by atoms with van der Waals surface area (Å²) in [6.07, 6.45) is 0. The molecule has 2 aromatic rings. The van der Waals surface area contributed by atoms with E-state index in [1.165, 1.54) is 6.07 Å². The smallest absolute Gasteiger partial charge is 0.255 e. The van der Waals surface area contributed by atoms with E-state index in [-0.39, 0.29) is 5.69 Å². The molecule has 0 fully saturated rings. The standard InChI is InChI=1S/C17H17F2NO3/c1-3-22-15-6-5-11(7-16(15)23-4-2)17(21)20-14-9-12(18)8-13(19)10-14/h5-10H,3-4H2,1-2H3,(H,20,21). The van der Waals surface area contributed by atoms with Crippen LogP contribution in [-0.4, -0.2) is 19.1 Å². The second-order valence-corrected chi connectivity index (χ2v) is 4.64. The van der Waals surface area contributed by atoms with Gasteiger partial charge in [-0.1, -0.05) is 0 Å². The molecule has 6 heteroatoms. The average Bonchev–Trinajstić information content (AvgIpc) is 2.48. The van der Waals surface area contributed by atoms with Gasteiger partial charge in [-0.05, 0) is 44.2 Å². The first-order valence-electron chi connectivity index (χ1n) is 7.20. The minimum Gasteiger partial charge on any atom is -0.490 e. The Morgan fingerprint density at radius 1 is 0.957 bits per heavy atom. The Morgan fingerprint density at radius 3 is 2.17 bits per heavy atom. The third-order valence-electron chi connectivity index (χ3n) is 2.93. The van der Waals surface area contributed by atoms with E-state index >= 15 is 0 Å². The second-order valence-electron chi connectivity index (χ2n) is 4.64. The molecule has 0 aliphatic heterocycles. The van der Waals surface area contributed by atoms with Gasteiger partial charge in [0.1, 0.15) is 11.6 Å². The van der Waals surface area contributed by atoms with Gasteiger partial charge in [-0.25, -0.2) is 8.78 Å². The Balaban J connectivity index is 2.23. The molecular weight excluding hydrogens is 304 g/mol. The minimum absolute atomic E-state index is 0.0411. The molecule has 0 bridgehead atoms. The summed E-state index contributed by atoms with van der Waals surface area (Å²) in [5, 5.41) is 2.45. The summed E-state index contributed by atoms with van der Waals surface area (Å²) in [6, 6.07) is 7.52. The molecule has 1 amide bonds. The predicted octanol–water partition coefficient (Wildman–Crippen LogP) is 4.01. The van der Waals surface area contributed by atoms with Crippen molar-refractivity contribution in [2.75, 3.05) is 18.5 Å². The van der Waals surface area contributed by atoms with E-state index < -0.39 is 17.5 Å². The summed E-state index contributed by atoms with van der Waals surface area (Å²) in [4.78, 5) is 12.2. The van der Waals surface area contributed by atoms with Crippen molar-refractivity contribution >= 4 is 11.6 Å². The van der Waals surface area contributed by atoms with Crippen molar-refractivity contribution < 1.29 is 23.0 Å². The Bertz CT molecular complexity index is 684. The summed E-state index contributed by atoms with van der Waals surface area (Å²) >= 11 is 0. The number of hydrogen-bond acceptors (Lipinski definition) is 3. The molecular formula is C17H17F2NO3. The molecule has 0 saturated carbocycles. The number of benzene rings is 2. The number of hydrogen-bond donors (Lipinski definition) is 1. The quantitative estimate of drug-likeness (QED) is 0.874. The predicted molar refractivity (Wildman–Crippen MR) is 83.1 cm³/mol. The summed E-state index contributed by atoms with van der Waals surface area (Å²) in [5.74, 6) is -1.06. The lowest BCUT2D eigenvalue weighted by atomic mass is 10.1. The van der Waals surface area contributed by atoms with Crippen LogP contribution < -0.4 is 14.8 Å². The number of amides is 1. The Hall–Kier alpha value is -2.63. The first-order chi connectivity index (χ1) is 11.0. The molecule has 2 rings (SSSR count). The van der Waals surface area contributed by atoms with Crippen LogP contribution in [0.15, 0.2) is 36.4 Å². The van der Waals surface area contributed by atoms with E-state index in [9.17, 15) is 13.6 Å². The van der Waals surface area contributed by atoms with Gasteiger partial charge < -0.3 is 14.8 Å². The molecule has 23 heavy (non-hydrogen) atoms. The first kappa shape index (κ1) is 16.7. The van der Waals surface area contributed by atoms with E-state index in [4.69, 9.17) is 9.47 Å². The normalized spacial score (nSPS) is 10.3. The minimum atomic E-state index is -0.762. The van der Waals surface area contributed by atoms with Crippen molar-refractivity contribution in [3.05, 3.63) is 53.6 Å². The number of carbonyl (C=O) groups excluding carboxylic acids is 1. The van der Waals surface area contributed by atoms with Gasteiger partial charge in [0.2, 0.25) is 0 Å². The topological polar surface area (TPSA) is 47.6 Å². The summed E-state index contributed by atoms with van der Waals surface area (Å²) in [6.45, 7) is 4.54. The van der Waals surface area contributed by atoms with Crippen LogP contribution in [0.25, 0.3) is 0 Å². The molecule has 4 nitrogen and oxygen atoms in total. The summed E-state index contributed by atoms with van der Waals surface area (Å²) in [5.41, 5.74) is 0.334. The third kappa shape index (κ3) is 4.42. The van der Waals surface area contributed by atoms with Crippen LogP contribution in [0.4, 0.5) is 14.5 Å². The van der Waals surface area contributed by atoms with E-state index in [0.29, 0.717) is 30.3 Å². The highest BCUT2D eigenvalue weighted by molar-refractivity contribution is 6.04. The van der Waals surface area contributed by atoms with Crippen molar-refractivity contribution in [2.24, 2.45) is 0 Å². The van der Waals surface area contributed by atoms with Gasteiger partial charge >= 0.3 is 0 Å². The fraction of sp³-hybridized carbons (Fsp3) is 0.235. The Kier molecular flexibility index (Phi) is 5.51. The number of rotatable bonds is 6. The van der Waals surface area contributed by atoms with Gasteiger partial charge in [0, 0.05) is 17.3 Å². The molecule has 0 unspecified atom stereocenters. The maximum absolute atomic E-state index is 13.2. The highest BCUT2D eigenvalue weighted by Crippen LogP contribution is 2.29. The molecule has 1 N–H and O–H groups in total. The Labute approximate surface area is 133 Å². The molecule has 0 heterocycles. The molecule has 0 spiro atoms. The highest BCUT2D eigenvalue weighted by atomic mass is 19.1. The van der Waals surface area contributed by atoms with E-state index in [2.05, 4.69) is 5.32 Å². The lowest BCUT2D eigenvalue weighted by Crippen LogP contribution is -2.12. The van der Waals surface area contributed by atoms with Gasteiger partial charge in [-0.3, -0.25) is 4.79 Å². The van der Waals surface area contributed by atoms with Crippen molar-refractivity contribution in [1.29, 1.82) is 0 Å². The number of ether oxygens (including phenoxy) is 2. The van der Waals surface area contributed by atoms with Crippen LogP contribution in [0.5, 0.6) is 11.5 Å². The maximum atomic E-state index is 13.2. The number of anilines is 1. The van der Waals surface area contributed by atoms with Gasteiger partial charge in [-0.2, -0.15) is 0 Å². The third-order valence-corrected chi connectivity index (χ3v) is 2.93. The van der Waals surface area contributed by atoms with Crippen LogP contribution >= 0.6 is 0 Å². The first-order valence-corrected chi connectivity index (χ1v) is 7.20. The van der Waals surface area contributed by atoms with Crippen molar-refractivity contribution in [3.8, 4) is 11.5 Å². The SMILES string of the molecule is CCOc1ccc(C(=O)Nc2cc(F)cc(F)c2)cc1OCC. The van der Waals surface area contributed by atoms with Gasteiger partial charge in [-0.15, -0.1) is 0 Å². The van der Waals surface area contributed by atoms with Crippen molar-refractivity contribution in [2.45, 2.75) is 13.8 Å². The molecule has 0 atom stereocenters. The van der Waals surface area contributed by atoms with Crippen LogP contribution in [0, 0.1) is 11.6 Å². The Morgan fingerprint density at radius 2 is 1.57 bits per heavy atom. The lowest BCUT2D eigenvalue weighted by Gasteiger charge is -2.12. The van der Waals surface area contributed by atoms with Crippen LogP contribution in [0.1, 0.15) is 24.2 Å². The van der Waals surface area contributed by atoms with Gasteiger partial charge in [0.15, 0.2) is 11.5 Å². The van der Waals surface area contributed by atoms with Crippen molar-refractivity contribution in [1.82, 2.24) is 0 Å². The fourth-order valence-electron chi connectivity index (χ4n) is 2.02.